The molecule has 0 spiro atoms. The fourth-order valence-corrected chi connectivity index (χ4v) is 4.30. The Morgan fingerprint density at radius 2 is 2.00 bits per heavy atom. The molecule has 8 heteroatoms. The summed E-state index contributed by atoms with van der Waals surface area (Å²) in [4.78, 5) is 14.9. The molecule has 1 aliphatic rings. The number of carbonyl (C=O) groups excluding carboxylic acids is 1. The average Bonchev–Trinajstić information content (AvgIpc) is 2.77. The first kappa shape index (κ1) is 22.2. The lowest BCUT2D eigenvalue weighted by Gasteiger charge is -2.33. The van der Waals surface area contributed by atoms with Crippen LogP contribution in [0.3, 0.4) is 0 Å². The molecule has 160 valence electrons. The highest BCUT2D eigenvalue weighted by molar-refractivity contribution is 7.89. The third-order valence-electron chi connectivity index (χ3n) is 4.79. The number of ether oxygens (including phenoxy) is 1. The number of nitrogens with one attached hydrogen (secondary N) is 2. The first-order valence-electron chi connectivity index (χ1n) is 9.84. The lowest BCUT2D eigenvalue weighted by atomic mass is 10.2. The van der Waals surface area contributed by atoms with Gasteiger partial charge in [0.05, 0.1) is 17.6 Å². The SMILES string of the molecule is C=CCNS(=O)(=O)c1cccc(C(=O)NCC2CN(Cc3ccccc3)CCO2)c1. The van der Waals surface area contributed by atoms with Crippen molar-refractivity contribution in [3.63, 3.8) is 0 Å². The highest BCUT2D eigenvalue weighted by atomic mass is 32.2. The van der Waals surface area contributed by atoms with E-state index in [4.69, 9.17) is 4.74 Å². The van der Waals surface area contributed by atoms with Gasteiger partial charge in [-0.2, -0.15) is 0 Å². The number of morpholine rings is 1. The number of rotatable bonds is 9. The fraction of sp³-hybridized carbons (Fsp3) is 0.318. The standard InChI is InChI=1S/C22H27N3O4S/c1-2-11-24-30(27,28)21-10-6-9-19(14-21)22(26)23-15-20-17-25(12-13-29-20)16-18-7-4-3-5-8-18/h2-10,14,20,24H,1,11-13,15-17H2,(H,23,26). The number of benzene rings is 2. The average molecular weight is 430 g/mol. The second kappa shape index (κ2) is 10.5. The number of amides is 1. The molecule has 1 aliphatic heterocycles. The van der Waals surface area contributed by atoms with Crippen molar-refractivity contribution in [1.29, 1.82) is 0 Å². The minimum absolute atomic E-state index is 0.0416. The van der Waals surface area contributed by atoms with Gasteiger partial charge >= 0.3 is 0 Å². The summed E-state index contributed by atoms with van der Waals surface area (Å²) in [5.41, 5.74) is 1.53. The summed E-state index contributed by atoms with van der Waals surface area (Å²) in [5, 5.41) is 2.85. The van der Waals surface area contributed by atoms with Crippen LogP contribution in [0.1, 0.15) is 15.9 Å². The van der Waals surface area contributed by atoms with Crippen LogP contribution in [0.4, 0.5) is 0 Å². The fourth-order valence-electron chi connectivity index (χ4n) is 3.25. The molecule has 7 nitrogen and oxygen atoms in total. The van der Waals surface area contributed by atoms with Crippen LogP contribution in [0.15, 0.2) is 72.1 Å². The zero-order valence-corrected chi connectivity index (χ0v) is 17.6. The predicted octanol–water partition coefficient (Wildman–Crippen LogP) is 1.78. The van der Waals surface area contributed by atoms with Gasteiger partial charge in [-0.05, 0) is 23.8 Å². The van der Waals surface area contributed by atoms with Gasteiger partial charge < -0.3 is 10.1 Å². The van der Waals surface area contributed by atoms with E-state index in [9.17, 15) is 13.2 Å². The van der Waals surface area contributed by atoms with Crippen LogP contribution in [-0.4, -0.2) is 58.1 Å². The molecule has 0 aliphatic carbocycles. The zero-order valence-electron chi connectivity index (χ0n) is 16.8. The van der Waals surface area contributed by atoms with Crippen molar-refractivity contribution in [2.75, 3.05) is 32.8 Å². The van der Waals surface area contributed by atoms with Gasteiger partial charge in [0.25, 0.3) is 5.91 Å². The summed E-state index contributed by atoms with van der Waals surface area (Å²) in [5.74, 6) is -0.334. The Hall–Kier alpha value is -2.52. The minimum Gasteiger partial charge on any atom is -0.374 e. The van der Waals surface area contributed by atoms with Crippen molar-refractivity contribution in [2.24, 2.45) is 0 Å². The van der Waals surface area contributed by atoms with E-state index in [1.807, 2.05) is 18.2 Å². The maximum atomic E-state index is 12.5. The first-order valence-corrected chi connectivity index (χ1v) is 11.3. The summed E-state index contributed by atoms with van der Waals surface area (Å²) in [6.45, 7) is 6.98. The number of nitrogens with zero attached hydrogens (tertiary/aromatic N) is 1. The molecular formula is C22H27N3O4S. The third kappa shape index (κ3) is 6.24. The highest BCUT2D eigenvalue weighted by Gasteiger charge is 2.22. The van der Waals surface area contributed by atoms with E-state index in [-0.39, 0.29) is 29.0 Å². The van der Waals surface area contributed by atoms with Crippen LogP contribution >= 0.6 is 0 Å². The van der Waals surface area contributed by atoms with Gasteiger partial charge in [-0.3, -0.25) is 9.69 Å². The smallest absolute Gasteiger partial charge is 0.251 e. The molecule has 0 radical (unpaired) electrons. The second-order valence-corrected chi connectivity index (χ2v) is 8.86. The molecule has 30 heavy (non-hydrogen) atoms. The van der Waals surface area contributed by atoms with Crippen molar-refractivity contribution in [3.8, 4) is 0 Å². The lowest BCUT2D eigenvalue weighted by molar-refractivity contribution is -0.0292. The van der Waals surface area contributed by atoms with Gasteiger partial charge in [0, 0.05) is 38.3 Å². The van der Waals surface area contributed by atoms with Gasteiger partial charge in [0.2, 0.25) is 10.0 Å². The van der Waals surface area contributed by atoms with Crippen molar-refractivity contribution >= 4 is 15.9 Å². The third-order valence-corrected chi connectivity index (χ3v) is 6.21. The summed E-state index contributed by atoms with van der Waals surface area (Å²) in [6.07, 6.45) is 1.34. The molecule has 1 heterocycles. The van der Waals surface area contributed by atoms with E-state index in [0.717, 1.165) is 19.6 Å². The van der Waals surface area contributed by atoms with E-state index in [1.54, 1.807) is 12.1 Å². The summed E-state index contributed by atoms with van der Waals surface area (Å²) in [7, 11) is -3.68. The van der Waals surface area contributed by atoms with Gasteiger partial charge in [-0.25, -0.2) is 13.1 Å². The van der Waals surface area contributed by atoms with Gasteiger partial charge in [0.1, 0.15) is 0 Å². The van der Waals surface area contributed by atoms with Crippen LogP contribution in [0, 0.1) is 0 Å². The van der Waals surface area contributed by atoms with Crippen LogP contribution in [-0.2, 0) is 21.3 Å². The number of hydrogen-bond donors (Lipinski definition) is 2. The summed E-state index contributed by atoms with van der Waals surface area (Å²) in [6, 6.07) is 16.2. The maximum Gasteiger partial charge on any atom is 0.251 e. The molecule has 3 rings (SSSR count). The normalized spacial score (nSPS) is 17.4. The topological polar surface area (TPSA) is 87.7 Å². The largest absolute Gasteiger partial charge is 0.374 e. The van der Waals surface area contributed by atoms with Crippen molar-refractivity contribution in [1.82, 2.24) is 14.9 Å². The Labute approximate surface area is 177 Å². The zero-order chi connectivity index (χ0) is 21.4. The molecule has 0 aromatic heterocycles. The molecule has 0 saturated carbocycles. The Morgan fingerprint density at radius 3 is 2.77 bits per heavy atom. The monoisotopic (exact) mass is 429 g/mol. The second-order valence-electron chi connectivity index (χ2n) is 7.09. The predicted molar refractivity (Wildman–Crippen MR) is 116 cm³/mol. The van der Waals surface area contributed by atoms with Crippen LogP contribution in [0.2, 0.25) is 0 Å². The van der Waals surface area contributed by atoms with E-state index in [1.165, 1.54) is 23.8 Å². The Morgan fingerprint density at radius 1 is 1.20 bits per heavy atom. The van der Waals surface area contributed by atoms with E-state index in [0.29, 0.717) is 13.2 Å². The Balaban J connectivity index is 1.55. The minimum atomic E-state index is -3.68. The van der Waals surface area contributed by atoms with Crippen molar-refractivity contribution in [2.45, 2.75) is 17.5 Å². The van der Waals surface area contributed by atoms with E-state index < -0.39 is 10.0 Å². The van der Waals surface area contributed by atoms with Crippen molar-refractivity contribution in [3.05, 3.63) is 78.4 Å². The van der Waals surface area contributed by atoms with Crippen LogP contribution in [0.5, 0.6) is 0 Å². The summed E-state index contributed by atoms with van der Waals surface area (Å²) >= 11 is 0. The van der Waals surface area contributed by atoms with Gasteiger partial charge in [-0.1, -0.05) is 42.5 Å². The van der Waals surface area contributed by atoms with E-state index >= 15 is 0 Å². The van der Waals surface area contributed by atoms with Gasteiger partial charge in [-0.15, -0.1) is 6.58 Å². The van der Waals surface area contributed by atoms with Crippen molar-refractivity contribution < 1.29 is 17.9 Å². The molecule has 1 amide bonds. The van der Waals surface area contributed by atoms with Gasteiger partial charge in [0.15, 0.2) is 0 Å². The quantitative estimate of drug-likeness (QED) is 0.594. The first-order chi connectivity index (χ1) is 14.5. The number of hydrogen-bond acceptors (Lipinski definition) is 5. The molecular weight excluding hydrogens is 402 g/mol. The molecule has 2 N–H and O–H groups in total. The molecule has 2 aromatic carbocycles. The molecule has 1 unspecified atom stereocenters. The highest BCUT2D eigenvalue weighted by Crippen LogP contribution is 2.13. The summed E-state index contributed by atoms with van der Waals surface area (Å²) < 4.78 is 32.7. The Bertz CT molecular complexity index is 963. The Kier molecular flexibility index (Phi) is 7.75. The van der Waals surface area contributed by atoms with Crippen LogP contribution in [0.25, 0.3) is 0 Å². The number of sulfonamides is 1. The molecule has 1 saturated heterocycles. The molecule has 1 fully saturated rings. The van der Waals surface area contributed by atoms with E-state index in [2.05, 4.69) is 33.7 Å². The molecule has 1 atom stereocenters. The molecule has 2 aromatic rings. The molecule has 0 bridgehead atoms. The van der Waals surface area contributed by atoms with Crippen LogP contribution < -0.4 is 10.0 Å². The maximum absolute atomic E-state index is 12.5. The number of carbonyl (C=O) groups is 1. The lowest BCUT2D eigenvalue weighted by Crippen LogP contribution is -2.47.